The fourth-order valence-electron chi connectivity index (χ4n) is 8.47. The molecule has 7 aromatic rings. The summed E-state index contributed by atoms with van der Waals surface area (Å²) in [5.41, 5.74) is 15.8. The third kappa shape index (κ3) is 4.75. The second-order valence-corrected chi connectivity index (χ2v) is 14.3. The van der Waals surface area contributed by atoms with Crippen LogP contribution in [0.3, 0.4) is 0 Å². The molecular formula is C48H41N3. The Hall–Kier alpha value is -5.67. The van der Waals surface area contributed by atoms with E-state index in [1.807, 2.05) is 36.4 Å². The molecule has 0 radical (unpaired) electrons. The van der Waals surface area contributed by atoms with Gasteiger partial charge in [0.15, 0.2) is 17.5 Å². The summed E-state index contributed by atoms with van der Waals surface area (Å²) >= 11 is 0. The van der Waals surface area contributed by atoms with Gasteiger partial charge in [-0.25, -0.2) is 15.0 Å². The Morgan fingerprint density at radius 3 is 1.45 bits per heavy atom. The van der Waals surface area contributed by atoms with Crippen molar-refractivity contribution in [3.05, 3.63) is 173 Å². The van der Waals surface area contributed by atoms with Crippen LogP contribution in [0.5, 0.6) is 0 Å². The van der Waals surface area contributed by atoms with Gasteiger partial charge in [-0.1, -0.05) is 167 Å². The van der Waals surface area contributed by atoms with E-state index in [2.05, 4.69) is 131 Å². The van der Waals surface area contributed by atoms with Gasteiger partial charge in [-0.15, -0.1) is 0 Å². The molecule has 0 saturated carbocycles. The maximum Gasteiger partial charge on any atom is 0.164 e. The van der Waals surface area contributed by atoms with E-state index in [4.69, 9.17) is 15.0 Å². The van der Waals surface area contributed by atoms with Crippen LogP contribution >= 0.6 is 0 Å². The Kier molecular flexibility index (Phi) is 7.54. The number of rotatable bonds is 7. The molecule has 0 aliphatic heterocycles. The van der Waals surface area contributed by atoms with Crippen molar-refractivity contribution >= 4 is 0 Å². The van der Waals surface area contributed by atoms with E-state index in [1.54, 1.807) is 0 Å². The van der Waals surface area contributed by atoms with Gasteiger partial charge in [-0.05, 0) is 80.3 Å². The first-order valence-electron chi connectivity index (χ1n) is 18.4. The molecule has 0 fully saturated rings. The topological polar surface area (TPSA) is 38.7 Å². The monoisotopic (exact) mass is 659 g/mol. The van der Waals surface area contributed by atoms with Crippen molar-refractivity contribution in [1.82, 2.24) is 15.0 Å². The molecule has 51 heavy (non-hydrogen) atoms. The van der Waals surface area contributed by atoms with E-state index in [1.165, 1.54) is 55.6 Å². The summed E-state index contributed by atoms with van der Waals surface area (Å²) in [4.78, 5) is 15.5. The molecule has 0 bridgehead atoms. The van der Waals surface area contributed by atoms with Crippen LogP contribution in [0.4, 0.5) is 0 Å². The Labute approximate surface area is 301 Å². The summed E-state index contributed by atoms with van der Waals surface area (Å²) in [6.45, 7) is 9.27. The quantitative estimate of drug-likeness (QED) is 0.171. The number of nitrogens with zero attached hydrogens (tertiary/aromatic N) is 3. The van der Waals surface area contributed by atoms with Crippen molar-refractivity contribution in [2.45, 2.75) is 57.8 Å². The van der Waals surface area contributed by atoms with E-state index in [0.717, 1.165) is 29.5 Å². The molecule has 0 saturated heterocycles. The average Bonchev–Trinajstić information content (AvgIpc) is 3.67. The molecule has 2 atom stereocenters. The van der Waals surface area contributed by atoms with Crippen LogP contribution in [0.1, 0.15) is 85.8 Å². The van der Waals surface area contributed by atoms with E-state index in [9.17, 15) is 0 Å². The molecule has 248 valence electrons. The van der Waals surface area contributed by atoms with Gasteiger partial charge in [0.2, 0.25) is 0 Å². The lowest BCUT2D eigenvalue weighted by Gasteiger charge is -2.31. The normalized spacial score (nSPS) is 16.3. The zero-order valence-electron chi connectivity index (χ0n) is 29.7. The highest BCUT2D eigenvalue weighted by molar-refractivity contribution is 5.99. The molecule has 1 aromatic heterocycles. The predicted octanol–water partition coefficient (Wildman–Crippen LogP) is 12.2. The van der Waals surface area contributed by atoms with E-state index in [0.29, 0.717) is 29.3 Å². The first-order chi connectivity index (χ1) is 25.0. The van der Waals surface area contributed by atoms with Crippen molar-refractivity contribution in [3.8, 4) is 56.4 Å². The Morgan fingerprint density at radius 1 is 0.431 bits per heavy atom. The summed E-state index contributed by atoms with van der Waals surface area (Å²) in [6.07, 6.45) is 2.20. The van der Waals surface area contributed by atoms with Gasteiger partial charge >= 0.3 is 0 Å². The number of benzene rings is 6. The third-order valence-corrected chi connectivity index (χ3v) is 11.6. The van der Waals surface area contributed by atoms with Crippen LogP contribution in [0.15, 0.2) is 140 Å². The Bertz CT molecular complexity index is 2310. The fourth-order valence-corrected chi connectivity index (χ4v) is 8.47. The minimum Gasteiger partial charge on any atom is -0.208 e. The second kappa shape index (κ2) is 12.3. The molecule has 3 heteroatoms. The molecule has 0 amide bonds. The minimum absolute atomic E-state index is 0.461. The summed E-state index contributed by atoms with van der Waals surface area (Å²) in [5, 5.41) is 0. The van der Waals surface area contributed by atoms with Crippen LogP contribution in [0, 0.1) is 0 Å². The first-order valence-corrected chi connectivity index (χ1v) is 18.4. The van der Waals surface area contributed by atoms with Crippen molar-refractivity contribution in [2.75, 3.05) is 0 Å². The smallest absolute Gasteiger partial charge is 0.164 e. The van der Waals surface area contributed by atoms with Crippen molar-refractivity contribution < 1.29 is 0 Å². The highest BCUT2D eigenvalue weighted by atomic mass is 15.0. The SMILES string of the molecule is CCC(C)c1ccc2c(c1)C1(c3cc(C(C)CC)ccc3-2)c2ccccc2-c2c(-c3nc(-c4ccccc4)nc(-c4ccccc4)n3)cccc21. The second-order valence-electron chi connectivity index (χ2n) is 14.3. The number of fused-ring (bicyclic) bond motifs is 10. The van der Waals surface area contributed by atoms with Gasteiger partial charge < -0.3 is 0 Å². The summed E-state index contributed by atoms with van der Waals surface area (Å²) < 4.78 is 0. The summed E-state index contributed by atoms with van der Waals surface area (Å²) in [5.74, 6) is 2.96. The van der Waals surface area contributed by atoms with E-state index >= 15 is 0 Å². The molecular weight excluding hydrogens is 619 g/mol. The third-order valence-electron chi connectivity index (χ3n) is 11.6. The van der Waals surface area contributed by atoms with Crippen molar-refractivity contribution in [2.24, 2.45) is 0 Å². The van der Waals surface area contributed by atoms with Crippen LogP contribution in [0.2, 0.25) is 0 Å². The molecule has 3 nitrogen and oxygen atoms in total. The average molecular weight is 660 g/mol. The Morgan fingerprint density at radius 2 is 0.902 bits per heavy atom. The van der Waals surface area contributed by atoms with Gasteiger partial charge in [-0.3, -0.25) is 0 Å². The molecule has 2 unspecified atom stereocenters. The first kappa shape index (κ1) is 31.3. The minimum atomic E-state index is -0.461. The lowest BCUT2D eigenvalue weighted by molar-refractivity contribution is 0.719. The molecule has 1 spiro atoms. The number of aromatic nitrogens is 3. The molecule has 2 aliphatic rings. The van der Waals surface area contributed by atoms with Gasteiger partial charge in [0, 0.05) is 16.7 Å². The summed E-state index contributed by atoms with van der Waals surface area (Å²) in [7, 11) is 0. The summed E-state index contributed by atoms with van der Waals surface area (Å²) in [6, 6.07) is 50.9. The van der Waals surface area contributed by atoms with Gasteiger partial charge in [-0.2, -0.15) is 0 Å². The van der Waals surface area contributed by atoms with Crippen LogP contribution in [-0.2, 0) is 5.41 Å². The van der Waals surface area contributed by atoms with Gasteiger partial charge in [0.1, 0.15) is 0 Å². The molecule has 2 aliphatic carbocycles. The number of hydrogen-bond acceptors (Lipinski definition) is 3. The van der Waals surface area contributed by atoms with E-state index in [-0.39, 0.29) is 0 Å². The maximum absolute atomic E-state index is 5.23. The Balaban J connectivity index is 1.37. The van der Waals surface area contributed by atoms with E-state index < -0.39 is 5.41 Å². The molecule has 6 aromatic carbocycles. The molecule has 9 rings (SSSR count). The lowest BCUT2D eigenvalue weighted by atomic mass is 9.69. The predicted molar refractivity (Wildman–Crippen MR) is 210 cm³/mol. The highest BCUT2D eigenvalue weighted by Gasteiger charge is 2.52. The molecule has 1 heterocycles. The van der Waals surface area contributed by atoms with Crippen molar-refractivity contribution in [1.29, 1.82) is 0 Å². The zero-order chi connectivity index (χ0) is 34.7. The zero-order valence-corrected chi connectivity index (χ0v) is 29.7. The van der Waals surface area contributed by atoms with Crippen LogP contribution < -0.4 is 0 Å². The van der Waals surface area contributed by atoms with Crippen molar-refractivity contribution in [3.63, 3.8) is 0 Å². The lowest BCUT2D eigenvalue weighted by Crippen LogP contribution is -2.26. The highest BCUT2D eigenvalue weighted by Crippen LogP contribution is 2.64. The maximum atomic E-state index is 5.23. The van der Waals surface area contributed by atoms with Crippen LogP contribution in [-0.4, -0.2) is 15.0 Å². The van der Waals surface area contributed by atoms with Gasteiger partial charge in [0.05, 0.1) is 5.41 Å². The fraction of sp³-hybridized carbons (Fsp3) is 0.188. The largest absolute Gasteiger partial charge is 0.208 e. The van der Waals surface area contributed by atoms with Gasteiger partial charge in [0.25, 0.3) is 0 Å². The number of hydrogen-bond donors (Lipinski definition) is 0. The standard InChI is InChI=1S/C48H41N3/c1-5-30(3)34-24-26-36-37-27-25-35(31(4)6-2)29-43(37)48(42(36)28-34)40-22-14-13-20-38(40)44-39(21-15-23-41(44)48)47-50-45(32-16-9-7-10-17-32)49-46(51-47)33-18-11-8-12-19-33/h7-31H,5-6H2,1-4H3. The van der Waals surface area contributed by atoms with Crippen LogP contribution in [0.25, 0.3) is 56.4 Å². The molecule has 0 N–H and O–H groups in total.